The van der Waals surface area contributed by atoms with Gasteiger partial charge in [0.2, 0.25) is 0 Å². The molecule has 1 amide bonds. The van der Waals surface area contributed by atoms with Gasteiger partial charge in [0.25, 0.3) is 11.5 Å². The van der Waals surface area contributed by atoms with Crippen molar-refractivity contribution < 1.29 is 4.79 Å². The maximum atomic E-state index is 13.7. The van der Waals surface area contributed by atoms with Crippen molar-refractivity contribution in [2.24, 2.45) is 0 Å². The fraction of sp³-hybridized carbons (Fsp3) is 0.154. The number of aromatic nitrogens is 1. The molecule has 0 saturated carbocycles. The van der Waals surface area contributed by atoms with Crippen molar-refractivity contribution in [2.45, 2.75) is 26.3 Å². The Bertz CT molecular complexity index is 1250. The van der Waals surface area contributed by atoms with Gasteiger partial charge in [-0.05, 0) is 45.0 Å². The molecular weight excluding hydrogens is 372 g/mol. The highest BCUT2D eigenvalue weighted by Gasteiger charge is 2.27. The summed E-state index contributed by atoms with van der Waals surface area (Å²) >= 11 is 0. The van der Waals surface area contributed by atoms with Gasteiger partial charge in [0.05, 0.1) is 0 Å². The normalized spacial score (nSPS) is 11.4. The Morgan fingerprint density at radius 2 is 1.37 bits per heavy atom. The summed E-state index contributed by atoms with van der Waals surface area (Å²) in [5.41, 5.74) is 0.905. The third-order valence-electron chi connectivity index (χ3n) is 5.09. The summed E-state index contributed by atoms with van der Waals surface area (Å²) in [7, 11) is 0. The molecule has 30 heavy (non-hydrogen) atoms. The molecule has 4 heteroatoms. The Kier molecular flexibility index (Phi) is 5.00. The van der Waals surface area contributed by atoms with Gasteiger partial charge in [0.1, 0.15) is 5.69 Å². The number of para-hydroxylation sites is 1. The van der Waals surface area contributed by atoms with Gasteiger partial charge in [-0.2, -0.15) is 0 Å². The second-order valence-electron chi connectivity index (χ2n) is 8.25. The van der Waals surface area contributed by atoms with E-state index in [9.17, 15) is 9.59 Å². The summed E-state index contributed by atoms with van der Waals surface area (Å²) in [5.74, 6) is -0.240. The van der Waals surface area contributed by atoms with Gasteiger partial charge < -0.3 is 4.57 Å². The summed E-state index contributed by atoms with van der Waals surface area (Å²) in [5, 5.41) is 1.65. The van der Waals surface area contributed by atoms with Crippen molar-refractivity contribution in [1.29, 1.82) is 0 Å². The van der Waals surface area contributed by atoms with Crippen LogP contribution in [0.3, 0.4) is 0 Å². The van der Waals surface area contributed by atoms with Crippen LogP contribution < -0.4 is 10.5 Å². The van der Waals surface area contributed by atoms with E-state index in [-0.39, 0.29) is 11.5 Å². The number of hydrogen-bond donors (Lipinski definition) is 0. The zero-order valence-corrected chi connectivity index (χ0v) is 17.4. The maximum absolute atomic E-state index is 13.7. The molecule has 0 saturated heterocycles. The molecule has 0 aliphatic carbocycles. The lowest BCUT2D eigenvalue weighted by molar-refractivity contribution is 0.0999. The molecule has 0 fully saturated rings. The number of rotatable bonds is 3. The van der Waals surface area contributed by atoms with Crippen molar-refractivity contribution in [1.82, 2.24) is 4.57 Å². The van der Waals surface area contributed by atoms with Crippen molar-refractivity contribution >= 4 is 28.1 Å². The van der Waals surface area contributed by atoms with Crippen molar-refractivity contribution in [3.8, 4) is 0 Å². The SMILES string of the molecule is CC(C)(C)n1cc2ccccc2c(N(C(=O)c2ccccc2)c2ccccc2)c1=O. The second kappa shape index (κ2) is 7.64. The Morgan fingerprint density at radius 1 is 0.800 bits per heavy atom. The minimum Gasteiger partial charge on any atom is -0.308 e. The molecule has 0 spiro atoms. The molecule has 4 nitrogen and oxygen atoms in total. The molecule has 0 aliphatic heterocycles. The fourth-order valence-electron chi connectivity index (χ4n) is 3.60. The molecule has 0 atom stereocenters. The molecule has 4 rings (SSSR count). The Morgan fingerprint density at radius 3 is 2.00 bits per heavy atom. The summed E-state index contributed by atoms with van der Waals surface area (Å²) in [4.78, 5) is 29.0. The summed E-state index contributed by atoms with van der Waals surface area (Å²) < 4.78 is 1.71. The molecule has 0 bridgehead atoms. The van der Waals surface area contributed by atoms with Crippen LogP contribution in [0.15, 0.2) is 95.9 Å². The number of anilines is 2. The number of hydrogen-bond acceptors (Lipinski definition) is 2. The minimum atomic E-state index is -0.436. The van der Waals surface area contributed by atoms with Crippen molar-refractivity contribution in [3.63, 3.8) is 0 Å². The zero-order chi connectivity index (χ0) is 21.3. The van der Waals surface area contributed by atoms with Crippen LogP contribution in [0.5, 0.6) is 0 Å². The lowest BCUT2D eigenvalue weighted by Gasteiger charge is -2.28. The summed E-state index contributed by atoms with van der Waals surface area (Å²) in [6.45, 7) is 5.95. The van der Waals surface area contributed by atoms with Crippen molar-refractivity contribution in [2.75, 3.05) is 4.90 Å². The second-order valence-corrected chi connectivity index (χ2v) is 8.25. The van der Waals surface area contributed by atoms with Crippen LogP contribution in [0.4, 0.5) is 11.4 Å². The van der Waals surface area contributed by atoms with Crippen molar-refractivity contribution in [3.05, 3.63) is 107 Å². The number of carbonyl (C=O) groups is 1. The highest BCUT2D eigenvalue weighted by molar-refractivity contribution is 6.14. The number of pyridine rings is 1. The fourth-order valence-corrected chi connectivity index (χ4v) is 3.60. The first-order chi connectivity index (χ1) is 14.4. The van der Waals surface area contributed by atoms with E-state index in [0.29, 0.717) is 16.9 Å². The van der Waals surface area contributed by atoms with Crippen LogP contribution in [0.1, 0.15) is 31.1 Å². The summed E-state index contributed by atoms with van der Waals surface area (Å²) in [6, 6.07) is 26.1. The average molecular weight is 396 g/mol. The molecule has 3 aromatic carbocycles. The molecule has 0 N–H and O–H groups in total. The Balaban J connectivity index is 2.08. The van der Waals surface area contributed by atoms with Gasteiger partial charge in [-0.3, -0.25) is 14.5 Å². The van der Waals surface area contributed by atoms with E-state index in [4.69, 9.17) is 0 Å². The molecule has 1 heterocycles. The first-order valence-corrected chi connectivity index (χ1v) is 9.97. The molecule has 0 unspecified atom stereocenters. The highest BCUT2D eigenvalue weighted by Crippen LogP contribution is 2.32. The lowest BCUT2D eigenvalue weighted by Crippen LogP contribution is -2.38. The van der Waals surface area contributed by atoms with Crippen LogP contribution in [0.2, 0.25) is 0 Å². The lowest BCUT2D eigenvalue weighted by atomic mass is 10.0. The first-order valence-electron chi connectivity index (χ1n) is 9.97. The maximum Gasteiger partial charge on any atom is 0.276 e. The Labute approximate surface area is 176 Å². The van der Waals surface area contributed by atoms with E-state index in [0.717, 1.165) is 10.8 Å². The van der Waals surface area contributed by atoms with E-state index in [1.807, 2.05) is 99.8 Å². The zero-order valence-electron chi connectivity index (χ0n) is 17.4. The smallest absolute Gasteiger partial charge is 0.276 e. The van der Waals surface area contributed by atoms with Gasteiger partial charge in [-0.15, -0.1) is 0 Å². The predicted molar refractivity (Wildman–Crippen MR) is 123 cm³/mol. The van der Waals surface area contributed by atoms with Gasteiger partial charge in [-0.25, -0.2) is 0 Å². The van der Waals surface area contributed by atoms with Gasteiger partial charge >= 0.3 is 0 Å². The first kappa shape index (κ1) is 19.6. The van der Waals surface area contributed by atoms with Gasteiger partial charge in [0.15, 0.2) is 0 Å². The highest BCUT2D eigenvalue weighted by atomic mass is 16.2. The third kappa shape index (κ3) is 3.52. The standard InChI is InChI=1S/C26H24N2O2/c1-26(2,3)27-18-20-14-10-11-17-22(20)23(25(27)30)28(21-15-8-5-9-16-21)24(29)19-12-6-4-7-13-19/h4-18H,1-3H3. The monoisotopic (exact) mass is 396 g/mol. The predicted octanol–water partition coefficient (Wildman–Crippen LogP) is 5.74. The molecular formula is C26H24N2O2. The number of benzene rings is 3. The van der Waals surface area contributed by atoms with Gasteiger partial charge in [-0.1, -0.05) is 60.7 Å². The molecule has 0 aliphatic rings. The molecule has 1 aromatic heterocycles. The van der Waals surface area contributed by atoms with E-state index in [2.05, 4.69) is 0 Å². The summed E-state index contributed by atoms with van der Waals surface area (Å²) in [6.07, 6.45) is 1.87. The molecule has 150 valence electrons. The molecule has 0 radical (unpaired) electrons. The van der Waals surface area contributed by atoms with Crippen LogP contribution in [0.25, 0.3) is 10.8 Å². The van der Waals surface area contributed by atoms with Crippen LogP contribution in [-0.4, -0.2) is 10.5 Å². The van der Waals surface area contributed by atoms with Crippen LogP contribution >= 0.6 is 0 Å². The Hall–Kier alpha value is -3.66. The minimum absolute atomic E-state index is 0.200. The number of carbonyl (C=O) groups excluding carboxylic acids is 1. The number of nitrogens with zero attached hydrogens (tertiary/aromatic N) is 2. The van der Waals surface area contributed by atoms with E-state index in [1.54, 1.807) is 21.6 Å². The topological polar surface area (TPSA) is 42.3 Å². The van der Waals surface area contributed by atoms with Crippen LogP contribution in [-0.2, 0) is 5.54 Å². The largest absolute Gasteiger partial charge is 0.308 e. The average Bonchev–Trinajstić information content (AvgIpc) is 2.75. The quantitative estimate of drug-likeness (QED) is 0.443. The van der Waals surface area contributed by atoms with Gasteiger partial charge in [0, 0.05) is 33.8 Å². The molecule has 4 aromatic rings. The van der Waals surface area contributed by atoms with Crippen LogP contribution in [0, 0.1) is 0 Å². The number of fused-ring (bicyclic) bond motifs is 1. The third-order valence-corrected chi connectivity index (χ3v) is 5.09. The van der Waals surface area contributed by atoms with E-state index < -0.39 is 5.54 Å². The van der Waals surface area contributed by atoms with E-state index in [1.165, 1.54) is 0 Å². The van der Waals surface area contributed by atoms with E-state index >= 15 is 0 Å². The number of amides is 1.